The molecule has 118 valence electrons. The largest absolute Gasteiger partial charge is 0.506 e. The number of rotatable bonds is 6. The second kappa shape index (κ2) is 7.22. The zero-order valence-electron chi connectivity index (χ0n) is 13.4. The van der Waals surface area contributed by atoms with E-state index in [1.165, 1.54) is 10.7 Å². The van der Waals surface area contributed by atoms with E-state index >= 15 is 0 Å². The molecule has 5 heteroatoms. The van der Waals surface area contributed by atoms with E-state index in [9.17, 15) is 9.90 Å². The van der Waals surface area contributed by atoms with Gasteiger partial charge in [0.25, 0.3) is 5.56 Å². The van der Waals surface area contributed by atoms with Gasteiger partial charge < -0.3 is 10.4 Å². The van der Waals surface area contributed by atoms with Gasteiger partial charge in [-0.25, -0.2) is 0 Å². The van der Waals surface area contributed by atoms with Crippen LogP contribution in [0.2, 0.25) is 0 Å². The molecule has 1 heterocycles. The molecule has 0 saturated carbocycles. The number of hydrogen-bond acceptors (Lipinski definition) is 4. The van der Waals surface area contributed by atoms with Gasteiger partial charge in [-0.3, -0.25) is 4.79 Å². The molecule has 2 aromatic rings. The van der Waals surface area contributed by atoms with Crippen molar-refractivity contribution in [2.75, 3.05) is 6.54 Å². The maximum absolute atomic E-state index is 12.1. The number of hydrogen-bond donors (Lipinski definition) is 2. The van der Waals surface area contributed by atoms with Crippen LogP contribution in [-0.4, -0.2) is 21.4 Å². The van der Waals surface area contributed by atoms with Gasteiger partial charge in [-0.1, -0.05) is 19.4 Å². The first-order valence-corrected chi connectivity index (χ1v) is 7.63. The fourth-order valence-electron chi connectivity index (χ4n) is 2.16. The number of aromatic hydroxyl groups is 1. The summed E-state index contributed by atoms with van der Waals surface area (Å²) in [5.41, 5.74) is 3.12. The van der Waals surface area contributed by atoms with Gasteiger partial charge in [0.2, 0.25) is 0 Å². The molecule has 0 bridgehead atoms. The lowest BCUT2D eigenvalue weighted by Gasteiger charge is -2.11. The SMILES string of the molecule is CCCCNCc1nn(-c2ccc(C)c(C)c2)c(=O)cc1O. The molecule has 0 aliphatic heterocycles. The summed E-state index contributed by atoms with van der Waals surface area (Å²) >= 11 is 0. The number of aromatic nitrogens is 2. The van der Waals surface area contributed by atoms with Gasteiger partial charge in [0.05, 0.1) is 5.69 Å². The van der Waals surface area contributed by atoms with Gasteiger partial charge in [-0.2, -0.15) is 9.78 Å². The fraction of sp³-hybridized carbons (Fsp3) is 0.412. The summed E-state index contributed by atoms with van der Waals surface area (Å²) in [6.07, 6.45) is 2.17. The number of nitrogens with zero attached hydrogens (tertiary/aromatic N) is 2. The number of nitrogens with one attached hydrogen (secondary N) is 1. The van der Waals surface area contributed by atoms with E-state index in [4.69, 9.17) is 0 Å². The molecule has 5 nitrogen and oxygen atoms in total. The molecule has 0 saturated heterocycles. The average Bonchev–Trinajstić information content (AvgIpc) is 2.48. The number of unbranched alkanes of at least 4 members (excludes halogenated alkanes) is 1. The summed E-state index contributed by atoms with van der Waals surface area (Å²) < 4.78 is 1.34. The highest BCUT2D eigenvalue weighted by Gasteiger charge is 2.09. The summed E-state index contributed by atoms with van der Waals surface area (Å²) in [5.74, 6) is -0.0610. The predicted molar refractivity (Wildman–Crippen MR) is 87.6 cm³/mol. The number of aryl methyl sites for hydroxylation is 2. The summed E-state index contributed by atoms with van der Waals surface area (Å²) in [4.78, 5) is 12.1. The Kier molecular flexibility index (Phi) is 5.33. The molecule has 0 unspecified atom stereocenters. The summed E-state index contributed by atoms with van der Waals surface area (Å²) in [6, 6.07) is 6.97. The lowest BCUT2D eigenvalue weighted by molar-refractivity contribution is 0.451. The van der Waals surface area contributed by atoms with Crippen LogP contribution >= 0.6 is 0 Å². The van der Waals surface area contributed by atoms with E-state index < -0.39 is 0 Å². The van der Waals surface area contributed by atoms with Gasteiger partial charge in [-0.05, 0) is 50.1 Å². The van der Waals surface area contributed by atoms with E-state index in [-0.39, 0.29) is 11.3 Å². The van der Waals surface area contributed by atoms with Gasteiger partial charge in [-0.15, -0.1) is 0 Å². The zero-order valence-corrected chi connectivity index (χ0v) is 13.4. The van der Waals surface area contributed by atoms with Crippen LogP contribution in [0.3, 0.4) is 0 Å². The zero-order chi connectivity index (χ0) is 16.1. The molecule has 2 N–H and O–H groups in total. The molecule has 1 aromatic carbocycles. The Morgan fingerprint density at radius 3 is 2.68 bits per heavy atom. The third-order valence-electron chi connectivity index (χ3n) is 3.72. The van der Waals surface area contributed by atoms with E-state index in [0.717, 1.165) is 30.5 Å². The van der Waals surface area contributed by atoms with Crippen LogP contribution in [0.5, 0.6) is 5.75 Å². The van der Waals surface area contributed by atoms with Crippen LogP contribution in [0.1, 0.15) is 36.6 Å². The van der Waals surface area contributed by atoms with Crippen molar-refractivity contribution in [1.82, 2.24) is 15.1 Å². The van der Waals surface area contributed by atoms with E-state index in [1.54, 1.807) is 0 Å². The van der Waals surface area contributed by atoms with E-state index in [2.05, 4.69) is 17.3 Å². The molecule has 22 heavy (non-hydrogen) atoms. The third-order valence-corrected chi connectivity index (χ3v) is 3.72. The normalized spacial score (nSPS) is 10.9. The van der Waals surface area contributed by atoms with E-state index in [0.29, 0.717) is 17.9 Å². The molecule has 0 aliphatic rings. The standard InChI is InChI=1S/C17H23N3O2/c1-4-5-8-18-11-15-16(21)10-17(22)20(19-15)14-7-6-12(2)13(3)9-14/h6-7,9-10,18,21H,4-5,8,11H2,1-3H3. The highest BCUT2D eigenvalue weighted by Crippen LogP contribution is 2.15. The van der Waals surface area contributed by atoms with Crippen LogP contribution in [0.25, 0.3) is 5.69 Å². The molecule has 0 amide bonds. The maximum Gasteiger partial charge on any atom is 0.275 e. The Morgan fingerprint density at radius 2 is 2.00 bits per heavy atom. The topological polar surface area (TPSA) is 67.2 Å². The summed E-state index contributed by atoms with van der Waals surface area (Å²) in [5, 5.41) is 17.4. The third kappa shape index (κ3) is 3.74. The quantitative estimate of drug-likeness (QED) is 0.804. The Balaban J connectivity index is 2.31. The smallest absolute Gasteiger partial charge is 0.275 e. The van der Waals surface area contributed by atoms with Gasteiger partial charge >= 0.3 is 0 Å². The van der Waals surface area contributed by atoms with E-state index in [1.807, 2.05) is 32.0 Å². The molecule has 1 aromatic heterocycles. The van der Waals surface area contributed by atoms with Crippen molar-refractivity contribution in [3.63, 3.8) is 0 Å². The van der Waals surface area contributed by atoms with Crippen LogP contribution in [0, 0.1) is 13.8 Å². The average molecular weight is 301 g/mol. The minimum Gasteiger partial charge on any atom is -0.506 e. The lowest BCUT2D eigenvalue weighted by atomic mass is 10.1. The Hall–Kier alpha value is -2.14. The fourth-order valence-corrected chi connectivity index (χ4v) is 2.16. The van der Waals surface area contributed by atoms with Crippen molar-refractivity contribution in [2.45, 2.75) is 40.2 Å². The van der Waals surface area contributed by atoms with Gasteiger partial charge in [0.15, 0.2) is 0 Å². The summed E-state index contributed by atoms with van der Waals surface area (Å²) in [7, 11) is 0. The predicted octanol–water partition coefficient (Wildman–Crippen LogP) is 2.44. The minimum atomic E-state index is -0.335. The Bertz CT molecular complexity index is 708. The maximum atomic E-state index is 12.1. The van der Waals surface area contributed by atoms with Crippen LogP contribution in [0.4, 0.5) is 0 Å². The first-order valence-electron chi connectivity index (χ1n) is 7.63. The van der Waals surface area contributed by atoms with Crippen molar-refractivity contribution >= 4 is 0 Å². The monoisotopic (exact) mass is 301 g/mol. The molecule has 0 fully saturated rings. The molecule has 0 atom stereocenters. The van der Waals surface area contributed by atoms with Gasteiger partial charge in [0, 0.05) is 12.6 Å². The summed E-state index contributed by atoms with van der Waals surface area (Å²) in [6.45, 7) is 7.45. The van der Waals surface area contributed by atoms with Crippen molar-refractivity contribution < 1.29 is 5.11 Å². The first-order chi connectivity index (χ1) is 10.5. The molecular formula is C17H23N3O2. The Labute approximate surface area is 130 Å². The second-order valence-corrected chi connectivity index (χ2v) is 5.53. The molecule has 0 aliphatic carbocycles. The van der Waals surface area contributed by atoms with Crippen LogP contribution in [-0.2, 0) is 6.54 Å². The highest BCUT2D eigenvalue weighted by molar-refractivity contribution is 5.39. The van der Waals surface area contributed by atoms with Crippen LogP contribution < -0.4 is 10.9 Å². The molecule has 0 spiro atoms. The van der Waals surface area contributed by atoms with Crippen LogP contribution in [0.15, 0.2) is 29.1 Å². The minimum absolute atomic E-state index is 0.0610. The van der Waals surface area contributed by atoms with Crippen molar-refractivity contribution in [1.29, 1.82) is 0 Å². The van der Waals surface area contributed by atoms with Crippen molar-refractivity contribution in [3.05, 3.63) is 51.4 Å². The Morgan fingerprint density at radius 1 is 1.23 bits per heavy atom. The van der Waals surface area contributed by atoms with Gasteiger partial charge in [0.1, 0.15) is 11.4 Å². The lowest BCUT2D eigenvalue weighted by Crippen LogP contribution is -2.24. The first kappa shape index (κ1) is 16.2. The molecule has 0 radical (unpaired) electrons. The highest BCUT2D eigenvalue weighted by atomic mass is 16.3. The molecule has 2 rings (SSSR count). The second-order valence-electron chi connectivity index (χ2n) is 5.53. The van der Waals surface area contributed by atoms with Crippen molar-refractivity contribution in [2.24, 2.45) is 0 Å². The molecular weight excluding hydrogens is 278 g/mol. The number of benzene rings is 1. The van der Waals surface area contributed by atoms with Crippen molar-refractivity contribution in [3.8, 4) is 11.4 Å².